The van der Waals surface area contributed by atoms with Crippen molar-refractivity contribution in [3.05, 3.63) is 91.8 Å². The van der Waals surface area contributed by atoms with E-state index in [1.165, 1.54) is 13.1 Å². The molecule has 2 N–H and O–H groups in total. The first kappa shape index (κ1) is 22.4. The molecule has 1 aromatic heterocycles. The molecule has 31 heavy (non-hydrogen) atoms. The van der Waals surface area contributed by atoms with Crippen LogP contribution >= 0.6 is 15.9 Å². The van der Waals surface area contributed by atoms with Crippen LogP contribution in [0.2, 0.25) is 0 Å². The number of hydrogen-bond donors (Lipinski definition) is 2. The van der Waals surface area contributed by atoms with Gasteiger partial charge in [0.25, 0.3) is 11.5 Å². The highest BCUT2D eigenvalue weighted by Gasteiger charge is 2.22. The Kier molecular flexibility index (Phi) is 6.70. The van der Waals surface area contributed by atoms with Gasteiger partial charge in [-0.15, -0.1) is 0 Å². The second-order valence-electron chi connectivity index (χ2n) is 6.71. The largest absolute Gasteiger partial charge is 0.487 e. The highest BCUT2D eigenvalue weighted by Crippen LogP contribution is 2.39. The monoisotopic (exact) mass is 488 g/mol. The van der Waals surface area contributed by atoms with Gasteiger partial charge in [0.05, 0.1) is 0 Å². The Balaban J connectivity index is 2.18. The first-order valence-electron chi connectivity index (χ1n) is 9.24. The lowest BCUT2D eigenvalue weighted by Gasteiger charge is -2.18. The minimum atomic E-state index is -0.763. The predicted octanol–water partition coefficient (Wildman–Crippen LogP) is 4.97. The molecule has 0 radical (unpaired) electrons. The molecular formula is C23H19BrF2N2O3. The first-order chi connectivity index (χ1) is 14.8. The van der Waals surface area contributed by atoms with E-state index in [0.717, 1.165) is 17.7 Å². The van der Waals surface area contributed by atoms with Gasteiger partial charge in [0.1, 0.15) is 28.5 Å². The Hall–Kier alpha value is -3.26. The van der Waals surface area contributed by atoms with E-state index in [-0.39, 0.29) is 28.3 Å². The predicted molar refractivity (Wildman–Crippen MR) is 119 cm³/mol. The molecule has 5 nitrogen and oxygen atoms in total. The molecule has 0 aliphatic rings. The Labute approximate surface area is 185 Å². The summed E-state index contributed by atoms with van der Waals surface area (Å²) < 4.78 is 33.2. The maximum atomic E-state index is 14.1. The van der Waals surface area contributed by atoms with Crippen LogP contribution in [-0.2, 0) is 6.61 Å². The number of amides is 1. The highest BCUT2D eigenvalue weighted by molar-refractivity contribution is 9.10. The zero-order valence-electron chi connectivity index (χ0n) is 16.8. The van der Waals surface area contributed by atoms with E-state index in [0.29, 0.717) is 22.4 Å². The summed E-state index contributed by atoms with van der Waals surface area (Å²) in [4.78, 5) is 27.6. The minimum Gasteiger partial charge on any atom is -0.487 e. The zero-order chi connectivity index (χ0) is 22.7. The fourth-order valence-corrected chi connectivity index (χ4v) is 3.56. The van der Waals surface area contributed by atoms with Crippen LogP contribution in [0.5, 0.6) is 5.75 Å². The number of ether oxygens (including phenoxy) is 1. The molecule has 0 aliphatic heterocycles. The summed E-state index contributed by atoms with van der Waals surface area (Å²) in [5.41, 5.74) is 2.18. The third-order valence-corrected chi connectivity index (χ3v) is 5.43. The van der Waals surface area contributed by atoms with Gasteiger partial charge < -0.3 is 15.0 Å². The maximum Gasteiger partial charge on any atom is 0.266 e. The third kappa shape index (κ3) is 4.59. The summed E-state index contributed by atoms with van der Waals surface area (Å²) in [5.74, 6) is -1.66. The summed E-state index contributed by atoms with van der Waals surface area (Å²) >= 11 is 3.23. The van der Waals surface area contributed by atoms with Crippen molar-refractivity contribution >= 4 is 27.9 Å². The quantitative estimate of drug-likeness (QED) is 0.514. The van der Waals surface area contributed by atoms with Gasteiger partial charge in [0.15, 0.2) is 0 Å². The molecule has 3 aromatic rings. The van der Waals surface area contributed by atoms with Crippen molar-refractivity contribution in [2.24, 2.45) is 0 Å². The molecule has 0 fully saturated rings. The van der Waals surface area contributed by atoms with Crippen LogP contribution in [0.1, 0.15) is 27.2 Å². The summed E-state index contributed by atoms with van der Waals surface area (Å²) in [5, 5.41) is 2.60. The number of halogens is 3. The summed E-state index contributed by atoms with van der Waals surface area (Å²) in [7, 11) is 1.51. The van der Waals surface area contributed by atoms with Crippen LogP contribution < -0.4 is 15.6 Å². The molecule has 0 spiro atoms. The van der Waals surface area contributed by atoms with Crippen LogP contribution in [0.15, 0.2) is 52.2 Å². The lowest BCUT2D eigenvalue weighted by atomic mass is 9.95. The van der Waals surface area contributed by atoms with Crippen molar-refractivity contribution in [1.82, 2.24) is 10.3 Å². The normalized spacial score (nSPS) is 10.6. The standard InChI is InChI=1S/C23H19BrF2N2O3/c1-4-13-5-8-16(17(9-13)22(29)27-3)19-12(2)28-23(30)20(24)21(19)31-11-14-6-7-15(25)10-18(14)26/h4-10H,1,11H2,2-3H3,(H,27,29)(H,28,30). The average molecular weight is 489 g/mol. The molecule has 0 bridgehead atoms. The Morgan fingerprint density at radius 2 is 2.00 bits per heavy atom. The van der Waals surface area contributed by atoms with E-state index in [2.05, 4.69) is 32.8 Å². The Bertz CT molecular complexity index is 1240. The second kappa shape index (κ2) is 9.26. The molecule has 8 heteroatoms. The lowest BCUT2D eigenvalue weighted by Crippen LogP contribution is -2.20. The molecule has 1 amide bonds. The fourth-order valence-electron chi connectivity index (χ4n) is 3.15. The summed E-state index contributed by atoms with van der Waals surface area (Å²) in [6, 6.07) is 8.32. The third-order valence-electron chi connectivity index (χ3n) is 4.71. The van der Waals surface area contributed by atoms with Crippen LogP contribution in [-0.4, -0.2) is 17.9 Å². The number of H-pyrrole nitrogens is 1. The highest BCUT2D eigenvalue weighted by atomic mass is 79.9. The van der Waals surface area contributed by atoms with Gasteiger partial charge in [-0.05, 0) is 52.2 Å². The lowest BCUT2D eigenvalue weighted by molar-refractivity contribution is 0.0963. The molecule has 0 atom stereocenters. The molecule has 0 unspecified atom stereocenters. The van der Waals surface area contributed by atoms with E-state index in [1.807, 2.05) is 0 Å². The van der Waals surface area contributed by atoms with Crippen molar-refractivity contribution in [3.63, 3.8) is 0 Å². The number of carbonyl (C=O) groups excluding carboxylic acids is 1. The van der Waals surface area contributed by atoms with E-state index >= 15 is 0 Å². The number of aromatic nitrogens is 1. The summed E-state index contributed by atoms with van der Waals surface area (Å²) in [6.07, 6.45) is 1.61. The summed E-state index contributed by atoms with van der Waals surface area (Å²) in [6.45, 7) is 5.15. The second-order valence-corrected chi connectivity index (χ2v) is 7.50. The number of rotatable bonds is 6. The number of aryl methyl sites for hydroxylation is 1. The molecule has 1 heterocycles. The first-order valence-corrected chi connectivity index (χ1v) is 10.0. The molecule has 0 aliphatic carbocycles. The van der Waals surface area contributed by atoms with Gasteiger partial charge in [0.2, 0.25) is 0 Å². The van der Waals surface area contributed by atoms with Crippen LogP contribution in [0.4, 0.5) is 8.78 Å². The van der Waals surface area contributed by atoms with Crippen molar-refractivity contribution in [1.29, 1.82) is 0 Å². The minimum absolute atomic E-state index is 0.0891. The number of nitrogens with one attached hydrogen (secondary N) is 2. The van der Waals surface area contributed by atoms with Gasteiger partial charge >= 0.3 is 0 Å². The van der Waals surface area contributed by atoms with Crippen molar-refractivity contribution in [3.8, 4) is 16.9 Å². The van der Waals surface area contributed by atoms with Crippen LogP contribution in [0.25, 0.3) is 17.2 Å². The van der Waals surface area contributed by atoms with Gasteiger partial charge in [-0.25, -0.2) is 8.78 Å². The molecule has 160 valence electrons. The Morgan fingerprint density at radius 3 is 2.65 bits per heavy atom. The SMILES string of the molecule is C=Cc1ccc(-c2c(C)[nH]c(=O)c(Br)c2OCc2ccc(F)cc2F)c(C(=O)NC)c1. The number of benzene rings is 2. The van der Waals surface area contributed by atoms with Gasteiger partial charge in [-0.2, -0.15) is 0 Å². The molecule has 0 saturated carbocycles. The average Bonchev–Trinajstić information content (AvgIpc) is 2.75. The molecule has 2 aromatic carbocycles. The van der Waals surface area contributed by atoms with Crippen molar-refractivity contribution < 1.29 is 18.3 Å². The van der Waals surface area contributed by atoms with Gasteiger partial charge in [-0.1, -0.05) is 24.8 Å². The number of hydrogen-bond acceptors (Lipinski definition) is 3. The van der Waals surface area contributed by atoms with Gasteiger partial charge in [0, 0.05) is 35.5 Å². The Morgan fingerprint density at radius 1 is 1.26 bits per heavy atom. The maximum absolute atomic E-state index is 14.1. The zero-order valence-corrected chi connectivity index (χ0v) is 18.4. The fraction of sp³-hybridized carbons (Fsp3) is 0.130. The number of carbonyl (C=O) groups is 1. The number of pyridine rings is 1. The van der Waals surface area contributed by atoms with E-state index < -0.39 is 17.2 Å². The van der Waals surface area contributed by atoms with E-state index in [1.54, 1.807) is 31.2 Å². The smallest absolute Gasteiger partial charge is 0.266 e. The molecule has 3 rings (SSSR count). The van der Waals surface area contributed by atoms with Crippen LogP contribution in [0, 0.1) is 18.6 Å². The van der Waals surface area contributed by atoms with Crippen molar-refractivity contribution in [2.75, 3.05) is 7.05 Å². The number of aromatic amines is 1. The van der Waals surface area contributed by atoms with E-state index in [9.17, 15) is 18.4 Å². The van der Waals surface area contributed by atoms with E-state index in [4.69, 9.17) is 4.74 Å². The topological polar surface area (TPSA) is 71.2 Å². The molecule has 0 saturated heterocycles. The van der Waals surface area contributed by atoms with Crippen molar-refractivity contribution in [2.45, 2.75) is 13.5 Å². The van der Waals surface area contributed by atoms with Gasteiger partial charge in [-0.3, -0.25) is 9.59 Å². The molecular weight excluding hydrogens is 470 g/mol. The van der Waals surface area contributed by atoms with Crippen LogP contribution in [0.3, 0.4) is 0 Å².